The van der Waals surface area contributed by atoms with Crippen LogP contribution in [-0.2, 0) is 10.8 Å². The van der Waals surface area contributed by atoms with Crippen LogP contribution in [0.5, 0.6) is 0 Å². The van der Waals surface area contributed by atoms with E-state index in [1.54, 1.807) is 0 Å². The molecule has 41 heavy (non-hydrogen) atoms. The highest BCUT2D eigenvalue weighted by Crippen LogP contribution is 2.51. The average molecular weight is 567 g/mol. The van der Waals surface area contributed by atoms with Crippen LogP contribution < -0.4 is 0 Å². The van der Waals surface area contributed by atoms with Crippen LogP contribution in [0.3, 0.4) is 0 Å². The molecular weight excluding hydrogens is 511 g/mol. The van der Waals surface area contributed by atoms with E-state index in [0.717, 1.165) is 25.7 Å². The molecule has 0 aliphatic carbocycles. The van der Waals surface area contributed by atoms with Gasteiger partial charge in [-0.3, -0.25) is 0 Å². The molecule has 0 aliphatic heterocycles. The van der Waals surface area contributed by atoms with Gasteiger partial charge < -0.3 is 0 Å². The first-order chi connectivity index (χ1) is 19.6. The third kappa shape index (κ3) is 6.44. The van der Waals surface area contributed by atoms with E-state index in [2.05, 4.69) is 138 Å². The molecule has 1 unspecified atom stereocenters. The highest BCUT2D eigenvalue weighted by Gasteiger charge is 2.39. The molecule has 0 aliphatic rings. The molecule has 0 saturated carbocycles. The molecule has 0 spiro atoms. The van der Waals surface area contributed by atoms with Gasteiger partial charge in [0.15, 0.2) is 0 Å². The highest BCUT2D eigenvalue weighted by molar-refractivity contribution is 6.92. The molecule has 1 atom stereocenters. The van der Waals surface area contributed by atoms with Crippen molar-refractivity contribution in [1.82, 2.24) is 0 Å². The van der Waals surface area contributed by atoms with Gasteiger partial charge in [0.1, 0.15) is 0 Å². The monoisotopic (exact) mass is 566 g/mol. The lowest BCUT2D eigenvalue weighted by atomic mass is 9.62. The molecule has 0 aromatic heterocycles. The van der Waals surface area contributed by atoms with E-state index in [9.17, 15) is 0 Å². The Morgan fingerprint density at radius 3 is 1.00 bits per heavy atom. The molecule has 0 nitrogen and oxygen atoms in total. The SMILES string of the molecule is C=Cc1c(C=C)c(C(CC)(CC)c2ccccc2)c2ccccc2c1C(CC)(CC)c1ccccc1.CC.CC.P. The largest absolute Gasteiger partial charge is 0.153 e. The lowest BCUT2D eigenvalue weighted by Gasteiger charge is -2.41. The summed E-state index contributed by atoms with van der Waals surface area (Å²) in [7, 11) is 0. The summed E-state index contributed by atoms with van der Waals surface area (Å²) < 4.78 is 0. The van der Waals surface area contributed by atoms with Crippen LogP contribution >= 0.6 is 9.90 Å². The van der Waals surface area contributed by atoms with E-state index >= 15 is 0 Å². The Bertz CT molecular complexity index is 1230. The first kappa shape index (κ1) is 36.1. The molecule has 0 radical (unpaired) electrons. The molecule has 0 amide bonds. The summed E-state index contributed by atoms with van der Waals surface area (Å²) in [5.74, 6) is 0. The maximum absolute atomic E-state index is 4.38. The fourth-order valence-electron chi connectivity index (χ4n) is 6.76. The fourth-order valence-corrected chi connectivity index (χ4v) is 6.76. The summed E-state index contributed by atoms with van der Waals surface area (Å²) in [6, 6.07) is 31.1. The van der Waals surface area contributed by atoms with E-state index in [1.807, 2.05) is 27.7 Å². The standard InChI is InChI=1S/C36H40.2C2H6.H3P/c1-7-29-30(8-2)34(36(11-5,12-6)28-23-17-14-18-24-28)32-26-20-19-25-31(32)33(29)35(9-3,10-4)27-21-15-13-16-22-27;2*1-2;/h7-8,13-26H,1-2,9-12H2,3-6H3;2*1-2H3;1H3. The van der Waals surface area contributed by atoms with Gasteiger partial charge >= 0.3 is 0 Å². The van der Waals surface area contributed by atoms with Gasteiger partial charge in [-0.15, -0.1) is 0 Å². The molecule has 0 bridgehead atoms. The number of hydrogen-bond donors (Lipinski definition) is 0. The summed E-state index contributed by atoms with van der Waals surface area (Å²) in [6.07, 6.45) is 8.23. The fraction of sp³-hybridized carbons (Fsp3) is 0.350. The van der Waals surface area contributed by atoms with Gasteiger partial charge in [-0.05, 0) is 69.8 Å². The van der Waals surface area contributed by atoms with Crippen molar-refractivity contribution >= 4 is 32.8 Å². The van der Waals surface area contributed by atoms with Crippen molar-refractivity contribution in [2.45, 2.75) is 91.9 Å². The van der Waals surface area contributed by atoms with Crippen molar-refractivity contribution in [3.63, 3.8) is 0 Å². The molecule has 4 rings (SSSR count). The van der Waals surface area contributed by atoms with E-state index in [0.29, 0.717) is 0 Å². The second kappa shape index (κ2) is 17.1. The lowest BCUT2D eigenvalue weighted by Crippen LogP contribution is -2.31. The first-order valence-electron chi connectivity index (χ1n) is 15.5. The van der Waals surface area contributed by atoms with Crippen LogP contribution in [0.4, 0.5) is 0 Å². The van der Waals surface area contributed by atoms with E-state index < -0.39 is 0 Å². The van der Waals surface area contributed by atoms with Crippen molar-refractivity contribution in [2.24, 2.45) is 0 Å². The Labute approximate surface area is 255 Å². The third-order valence-corrected chi connectivity index (χ3v) is 8.73. The van der Waals surface area contributed by atoms with E-state index in [1.165, 1.54) is 44.2 Å². The van der Waals surface area contributed by atoms with Crippen LogP contribution in [0.15, 0.2) is 98.1 Å². The number of hydrogen-bond acceptors (Lipinski definition) is 0. The summed E-state index contributed by atoms with van der Waals surface area (Å²) >= 11 is 0. The molecule has 4 aromatic rings. The molecule has 4 aromatic carbocycles. The smallest absolute Gasteiger partial charge is 0.0210 e. The zero-order valence-corrected chi connectivity index (χ0v) is 28.6. The molecular formula is C40H55P. The Balaban J connectivity index is 0.00000161. The normalized spacial score (nSPS) is 10.8. The van der Waals surface area contributed by atoms with Gasteiger partial charge in [-0.25, -0.2) is 0 Å². The summed E-state index contributed by atoms with van der Waals surface area (Å²) in [4.78, 5) is 0. The Kier molecular flexibility index (Phi) is 15.1. The van der Waals surface area contributed by atoms with Crippen molar-refractivity contribution in [3.8, 4) is 0 Å². The zero-order valence-electron chi connectivity index (χ0n) is 27.2. The van der Waals surface area contributed by atoms with Crippen LogP contribution in [0, 0.1) is 0 Å². The summed E-state index contributed by atoms with van der Waals surface area (Å²) in [5.41, 5.74) is 7.73. The van der Waals surface area contributed by atoms with Crippen LogP contribution in [0.1, 0.15) is 114 Å². The van der Waals surface area contributed by atoms with Gasteiger partial charge in [0.25, 0.3) is 0 Å². The quantitative estimate of drug-likeness (QED) is 0.167. The second-order valence-electron chi connectivity index (χ2n) is 9.84. The minimum absolute atomic E-state index is 0. The minimum Gasteiger partial charge on any atom is -0.153 e. The molecule has 0 heterocycles. The number of benzene rings is 4. The predicted octanol–water partition coefficient (Wildman–Crippen LogP) is 12.4. The van der Waals surface area contributed by atoms with Gasteiger partial charge in [0.2, 0.25) is 0 Å². The van der Waals surface area contributed by atoms with Crippen molar-refractivity contribution < 1.29 is 0 Å². The lowest BCUT2D eigenvalue weighted by molar-refractivity contribution is 0.474. The molecule has 0 saturated heterocycles. The Hall–Kier alpha value is -2.95. The minimum atomic E-state index is -0.117. The number of fused-ring (bicyclic) bond motifs is 1. The van der Waals surface area contributed by atoms with E-state index in [-0.39, 0.29) is 20.7 Å². The van der Waals surface area contributed by atoms with E-state index in [4.69, 9.17) is 0 Å². The topological polar surface area (TPSA) is 0 Å². The van der Waals surface area contributed by atoms with Crippen LogP contribution in [0.25, 0.3) is 22.9 Å². The van der Waals surface area contributed by atoms with Gasteiger partial charge in [-0.2, -0.15) is 9.90 Å². The molecule has 220 valence electrons. The highest BCUT2D eigenvalue weighted by atomic mass is 31.0. The van der Waals surface area contributed by atoms with Gasteiger partial charge in [0, 0.05) is 10.8 Å². The van der Waals surface area contributed by atoms with Crippen LogP contribution in [-0.4, -0.2) is 0 Å². The number of rotatable bonds is 10. The van der Waals surface area contributed by atoms with Crippen molar-refractivity contribution in [2.75, 3.05) is 0 Å². The van der Waals surface area contributed by atoms with Gasteiger partial charge in [-0.1, -0.05) is 166 Å². The Morgan fingerprint density at radius 2 is 0.756 bits per heavy atom. The van der Waals surface area contributed by atoms with Crippen molar-refractivity contribution in [1.29, 1.82) is 0 Å². The third-order valence-electron chi connectivity index (χ3n) is 8.73. The zero-order chi connectivity index (χ0) is 29.8. The Morgan fingerprint density at radius 1 is 0.488 bits per heavy atom. The molecule has 1 heteroatoms. The molecule has 0 fully saturated rings. The molecule has 0 N–H and O–H groups in total. The van der Waals surface area contributed by atoms with Crippen LogP contribution in [0.2, 0.25) is 0 Å². The summed E-state index contributed by atoms with van der Waals surface area (Å²) in [6.45, 7) is 26.1. The maximum Gasteiger partial charge on any atom is 0.0210 e. The predicted molar refractivity (Wildman–Crippen MR) is 194 cm³/mol. The maximum atomic E-state index is 4.38. The van der Waals surface area contributed by atoms with Crippen molar-refractivity contribution in [3.05, 3.63) is 131 Å². The first-order valence-corrected chi connectivity index (χ1v) is 15.5. The van der Waals surface area contributed by atoms with Gasteiger partial charge in [0.05, 0.1) is 0 Å². The summed E-state index contributed by atoms with van der Waals surface area (Å²) in [5, 5.41) is 2.67. The second-order valence-corrected chi connectivity index (χ2v) is 9.84. The average Bonchev–Trinajstić information content (AvgIpc) is 3.05.